The molecule has 1 aromatic carbocycles. The number of aromatic nitrogens is 3. The van der Waals surface area contributed by atoms with Gasteiger partial charge in [0.15, 0.2) is 0 Å². The summed E-state index contributed by atoms with van der Waals surface area (Å²) in [6.07, 6.45) is 3.08. The molecule has 0 aliphatic carbocycles. The molecule has 2 N–H and O–H groups in total. The number of nitrogens with one attached hydrogen (secondary N) is 2. The third-order valence-corrected chi connectivity index (χ3v) is 3.48. The Morgan fingerprint density at radius 2 is 2.12 bits per heavy atom. The van der Waals surface area contributed by atoms with Crippen molar-refractivity contribution in [3.8, 4) is 11.5 Å². The van der Waals surface area contributed by atoms with Gasteiger partial charge in [0, 0.05) is 6.20 Å². The van der Waals surface area contributed by atoms with Crippen LogP contribution in [0.15, 0.2) is 41.1 Å². The van der Waals surface area contributed by atoms with Crippen molar-refractivity contribution in [1.29, 1.82) is 0 Å². The largest absolute Gasteiger partial charge is 0.468 e. The van der Waals surface area contributed by atoms with Crippen molar-refractivity contribution in [3.05, 3.63) is 48.0 Å². The fourth-order valence-electron chi connectivity index (χ4n) is 2.17. The number of pyridine rings is 1. The van der Waals surface area contributed by atoms with Crippen LogP contribution < -0.4 is 10.6 Å². The van der Waals surface area contributed by atoms with Crippen LogP contribution in [0.1, 0.15) is 5.56 Å². The molecule has 0 saturated heterocycles. The van der Waals surface area contributed by atoms with Crippen molar-refractivity contribution < 1.29 is 18.3 Å². The molecule has 9 heteroatoms. The molecule has 0 saturated carbocycles. The zero-order valence-electron chi connectivity index (χ0n) is 14.1. The maximum absolute atomic E-state index is 14.1. The van der Waals surface area contributed by atoms with Gasteiger partial charge in [-0.3, -0.25) is 9.78 Å². The number of carbonyl (C=O) groups excluding carboxylic acids is 1. The van der Waals surface area contributed by atoms with Gasteiger partial charge >= 0.3 is 12.0 Å². The summed E-state index contributed by atoms with van der Waals surface area (Å²) in [4.78, 5) is 15.2. The molecule has 3 rings (SSSR count). The lowest BCUT2D eigenvalue weighted by atomic mass is 10.2. The Hall–Kier alpha value is -3.49. The minimum Gasteiger partial charge on any atom is -0.468 e. The summed E-state index contributed by atoms with van der Waals surface area (Å²) < 4.78 is 24.1. The zero-order chi connectivity index (χ0) is 18.5. The van der Waals surface area contributed by atoms with Gasteiger partial charge in [0.25, 0.3) is 5.89 Å². The number of esters is 1. The third kappa shape index (κ3) is 3.94. The Morgan fingerprint density at radius 3 is 2.88 bits per heavy atom. The highest BCUT2D eigenvalue weighted by Crippen LogP contribution is 2.30. The maximum Gasteiger partial charge on any atom is 0.325 e. The number of halogens is 1. The fourth-order valence-corrected chi connectivity index (χ4v) is 2.17. The summed E-state index contributed by atoms with van der Waals surface area (Å²) in [5.74, 6) is -0.661. The number of hydrogen-bond acceptors (Lipinski definition) is 8. The van der Waals surface area contributed by atoms with E-state index in [9.17, 15) is 9.18 Å². The van der Waals surface area contributed by atoms with Gasteiger partial charge in [0.1, 0.15) is 12.4 Å². The van der Waals surface area contributed by atoms with Gasteiger partial charge in [-0.2, -0.15) is 0 Å². The second kappa shape index (κ2) is 7.60. The molecule has 2 heterocycles. The lowest BCUT2D eigenvalue weighted by Crippen LogP contribution is -2.15. The van der Waals surface area contributed by atoms with Gasteiger partial charge in [-0.15, -0.1) is 5.10 Å². The third-order valence-electron chi connectivity index (χ3n) is 3.48. The first-order chi connectivity index (χ1) is 12.6. The summed E-state index contributed by atoms with van der Waals surface area (Å²) in [6, 6.07) is 6.59. The monoisotopic (exact) mass is 357 g/mol. The van der Waals surface area contributed by atoms with Crippen molar-refractivity contribution in [2.45, 2.75) is 6.92 Å². The second-order valence-electron chi connectivity index (χ2n) is 5.37. The van der Waals surface area contributed by atoms with Crippen LogP contribution in [0, 0.1) is 12.7 Å². The molecule has 0 aliphatic rings. The van der Waals surface area contributed by atoms with E-state index in [0.717, 1.165) is 5.56 Å². The molecule has 0 unspecified atom stereocenters. The van der Waals surface area contributed by atoms with Gasteiger partial charge in [-0.25, -0.2) is 4.39 Å². The molecule has 3 aromatic rings. The number of nitrogens with zero attached hydrogens (tertiary/aromatic N) is 3. The molecule has 0 aliphatic heterocycles. The maximum atomic E-state index is 14.1. The summed E-state index contributed by atoms with van der Waals surface area (Å²) in [7, 11) is 1.28. The first-order valence-corrected chi connectivity index (χ1v) is 7.68. The molecule has 0 bridgehead atoms. The number of benzene rings is 1. The second-order valence-corrected chi connectivity index (χ2v) is 5.37. The summed E-state index contributed by atoms with van der Waals surface area (Å²) >= 11 is 0. The minimum absolute atomic E-state index is 0.0645. The first kappa shape index (κ1) is 17.3. The fraction of sp³-hybridized carbons (Fsp3) is 0.176. The molecule has 8 nitrogen and oxygen atoms in total. The molecular formula is C17H16FN5O3. The molecule has 0 atom stereocenters. The van der Waals surface area contributed by atoms with Crippen molar-refractivity contribution in [3.63, 3.8) is 0 Å². The van der Waals surface area contributed by atoms with E-state index in [2.05, 4.69) is 30.6 Å². The van der Waals surface area contributed by atoms with Gasteiger partial charge < -0.3 is 19.8 Å². The van der Waals surface area contributed by atoms with Gasteiger partial charge in [0.05, 0.1) is 30.2 Å². The Labute approximate surface area is 148 Å². The van der Waals surface area contributed by atoms with Crippen LogP contribution in [0.3, 0.4) is 0 Å². The van der Waals surface area contributed by atoms with E-state index in [-0.39, 0.29) is 24.3 Å². The standard InChI is InChI=1S/C17H16FN5O3/c1-10-3-4-13(12(18)7-10)21-14-8-19-6-5-11(14)16-22-23-17(26-16)20-9-15(24)25-2/h3-8,21H,9H2,1-2H3,(H,20,23). The van der Waals surface area contributed by atoms with E-state index in [1.54, 1.807) is 24.4 Å². The van der Waals surface area contributed by atoms with E-state index in [4.69, 9.17) is 4.42 Å². The smallest absolute Gasteiger partial charge is 0.325 e. The number of rotatable bonds is 6. The molecule has 0 amide bonds. The molecule has 0 radical (unpaired) electrons. The Bertz CT molecular complexity index is 928. The van der Waals surface area contributed by atoms with Crippen LogP contribution in [0.4, 0.5) is 21.8 Å². The molecule has 0 fully saturated rings. The van der Waals surface area contributed by atoms with Gasteiger partial charge in [0.2, 0.25) is 0 Å². The number of aryl methyl sites for hydroxylation is 1. The molecule has 2 aromatic heterocycles. The van der Waals surface area contributed by atoms with Crippen LogP contribution in [0.5, 0.6) is 0 Å². The predicted molar refractivity (Wildman–Crippen MR) is 92.5 cm³/mol. The van der Waals surface area contributed by atoms with Gasteiger partial charge in [-0.1, -0.05) is 11.2 Å². The van der Waals surface area contributed by atoms with E-state index >= 15 is 0 Å². The van der Waals surface area contributed by atoms with Crippen LogP contribution in [-0.2, 0) is 9.53 Å². The van der Waals surface area contributed by atoms with Crippen LogP contribution in [0.2, 0.25) is 0 Å². The van der Waals surface area contributed by atoms with E-state index in [1.165, 1.54) is 19.4 Å². The number of methoxy groups -OCH3 is 1. The summed E-state index contributed by atoms with van der Waals surface area (Å²) in [5, 5.41) is 13.4. The quantitative estimate of drug-likeness (QED) is 0.649. The van der Waals surface area contributed by atoms with Crippen molar-refractivity contribution in [2.24, 2.45) is 0 Å². The SMILES string of the molecule is COC(=O)CNc1nnc(-c2ccncc2Nc2ccc(C)cc2F)o1. The first-order valence-electron chi connectivity index (χ1n) is 7.68. The Morgan fingerprint density at radius 1 is 1.27 bits per heavy atom. The number of hydrogen-bond donors (Lipinski definition) is 2. The Kier molecular flexibility index (Phi) is 5.07. The van der Waals surface area contributed by atoms with E-state index < -0.39 is 5.97 Å². The lowest BCUT2D eigenvalue weighted by molar-refractivity contribution is -0.138. The van der Waals surface area contributed by atoms with Crippen molar-refractivity contribution >= 4 is 23.4 Å². The average Bonchev–Trinajstić information content (AvgIpc) is 3.11. The van der Waals surface area contributed by atoms with E-state index in [0.29, 0.717) is 16.9 Å². The number of ether oxygens (including phenoxy) is 1. The molecular weight excluding hydrogens is 341 g/mol. The van der Waals surface area contributed by atoms with E-state index in [1.807, 2.05) is 6.92 Å². The van der Waals surface area contributed by atoms with Crippen LogP contribution >= 0.6 is 0 Å². The summed E-state index contributed by atoms with van der Waals surface area (Å²) in [6.45, 7) is 1.71. The molecule has 0 spiro atoms. The van der Waals surface area contributed by atoms with Gasteiger partial charge in [-0.05, 0) is 30.7 Å². The number of carbonyl (C=O) groups is 1. The van der Waals surface area contributed by atoms with Crippen LogP contribution in [0.25, 0.3) is 11.5 Å². The minimum atomic E-state index is -0.467. The summed E-state index contributed by atoms with van der Waals surface area (Å²) in [5.41, 5.74) is 2.16. The van der Waals surface area contributed by atoms with Crippen molar-refractivity contribution in [2.75, 3.05) is 24.3 Å². The highest BCUT2D eigenvalue weighted by atomic mass is 19.1. The Balaban J connectivity index is 1.83. The average molecular weight is 357 g/mol. The van der Waals surface area contributed by atoms with Crippen LogP contribution in [-0.4, -0.2) is 34.8 Å². The highest BCUT2D eigenvalue weighted by molar-refractivity contribution is 5.76. The highest BCUT2D eigenvalue weighted by Gasteiger charge is 2.15. The molecule has 134 valence electrons. The normalized spacial score (nSPS) is 10.4. The van der Waals surface area contributed by atoms with Crippen molar-refractivity contribution in [1.82, 2.24) is 15.2 Å². The topological polar surface area (TPSA) is 102 Å². The number of anilines is 3. The zero-order valence-corrected chi connectivity index (χ0v) is 14.1. The lowest BCUT2D eigenvalue weighted by Gasteiger charge is -2.10. The predicted octanol–water partition coefficient (Wildman–Crippen LogP) is 2.91. The molecule has 26 heavy (non-hydrogen) atoms.